The van der Waals surface area contributed by atoms with E-state index in [0.29, 0.717) is 12.8 Å². The van der Waals surface area contributed by atoms with Gasteiger partial charge in [0.15, 0.2) is 0 Å². The van der Waals surface area contributed by atoms with Crippen LogP contribution in [0.15, 0.2) is 24.3 Å². The highest BCUT2D eigenvalue weighted by Gasteiger charge is 2.18. The summed E-state index contributed by atoms with van der Waals surface area (Å²) >= 11 is 1.59. The van der Waals surface area contributed by atoms with Crippen molar-refractivity contribution in [3.63, 3.8) is 0 Å². The van der Waals surface area contributed by atoms with Crippen molar-refractivity contribution in [2.24, 2.45) is 0 Å². The number of carbonyl (C=O) groups excluding carboxylic acids is 1. The van der Waals surface area contributed by atoms with Crippen LogP contribution in [0.5, 0.6) is 0 Å². The molecule has 0 aromatic rings. The molecule has 0 spiro atoms. The van der Waals surface area contributed by atoms with E-state index in [0.717, 1.165) is 37.9 Å². The lowest BCUT2D eigenvalue weighted by molar-refractivity contribution is -0.141. The van der Waals surface area contributed by atoms with Crippen LogP contribution in [-0.2, 0) is 9.59 Å². The van der Waals surface area contributed by atoms with Crippen molar-refractivity contribution < 1.29 is 14.7 Å². The summed E-state index contributed by atoms with van der Waals surface area (Å²) in [5, 5.41) is 11.8. The van der Waals surface area contributed by atoms with E-state index in [-0.39, 0.29) is 5.91 Å². The summed E-state index contributed by atoms with van der Waals surface area (Å²) in [5.74, 6) is -0.345. The van der Waals surface area contributed by atoms with Crippen molar-refractivity contribution in [2.75, 3.05) is 12.0 Å². The Kier molecular flexibility index (Phi) is 19.6. The van der Waals surface area contributed by atoms with E-state index in [1.54, 1.807) is 11.8 Å². The van der Waals surface area contributed by atoms with Gasteiger partial charge in [0.05, 0.1) is 0 Å². The van der Waals surface area contributed by atoms with Crippen LogP contribution in [0.4, 0.5) is 0 Å². The second-order valence-electron chi connectivity index (χ2n) is 7.22. The predicted octanol–water partition coefficient (Wildman–Crippen LogP) is 6.12. The van der Waals surface area contributed by atoms with E-state index in [1.807, 2.05) is 6.26 Å². The van der Waals surface area contributed by atoms with Crippen LogP contribution in [0, 0.1) is 0 Å². The Balaban J connectivity index is 3.54. The molecule has 0 saturated carbocycles. The summed E-state index contributed by atoms with van der Waals surface area (Å²) in [6.45, 7) is 2.23. The molecule has 0 aliphatic carbocycles. The molecule has 0 radical (unpaired) electrons. The molecule has 0 aromatic heterocycles. The van der Waals surface area contributed by atoms with Gasteiger partial charge >= 0.3 is 5.97 Å². The molecule has 0 unspecified atom stereocenters. The van der Waals surface area contributed by atoms with Gasteiger partial charge in [-0.25, -0.2) is 4.79 Å². The minimum Gasteiger partial charge on any atom is -0.480 e. The van der Waals surface area contributed by atoms with E-state index < -0.39 is 12.0 Å². The van der Waals surface area contributed by atoms with Crippen molar-refractivity contribution in [1.82, 2.24) is 5.32 Å². The zero-order chi connectivity index (χ0) is 20.9. The highest BCUT2D eigenvalue weighted by molar-refractivity contribution is 7.98. The fourth-order valence-electron chi connectivity index (χ4n) is 2.86. The number of aliphatic carboxylic acids is 1. The standard InChI is InChI=1S/C23H41NO3S/c1-3-4-5-6-7-8-9-10-11-12-13-14-15-16-17-18-22(25)24-21(23(26)27)19-20-28-2/h7-8,10-11,21H,3-6,9,12-20H2,1-2H3,(H,24,25)(H,26,27)/b8-7+,11-10+/t21-/m0/s1. The summed E-state index contributed by atoms with van der Waals surface area (Å²) in [6.07, 6.45) is 24.5. The number of rotatable bonds is 19. The maximum Gasteiger partial charge on any atom is 0.326 e. The van der Waals surface area contributed by atoms with Crippen LogP contribution < -0.4 is 5.32 Å². The van der Waals surface area contributed by atoms with Gasteiger partial charge in [0.2, 0.25) is 5.91 Å². The summed E-state index contributed by atoms with van der Waals surface area (Å²) < 4.78 is 0. The van der Waals surface area contributed by atoms with Crippen LogP contribution >= 0.6 is 11.8 Å². The molecule has 0 fully saturated rings. The smallest absolute Gasteiger partial charge is 0.326 e. The zero-order valence-electron chi connectivity index (χ0n) is 18.0. The van der Waals surface area contributed by atoms with Crippen LogP contribution in [0.1, 0.15) is 90.4 Å². The van der Waals surface area contributed by atoms with Crippen molar-refractivity contribution in [1.29, 1.82) is 0 Å². The lowest BCUT2D eigenvalue weighted by Gasteiger charge is -2.13. The molecule has 0 bridgehead atoms. The van der Waals surface area contributed by atoms with Crippen LogP contribution in [0.25, 0.3) is 0 Å². The van der Waals surface area contributed by atoms with Gasteiger partial charge in [-0.3, -0.25) is 4.79 Å². The molecular weight excluding hydrogens is 370 g/mol. The number of amides is 1. The number of hydrogen-bond acceptors (Lipinski definition) is 3. The van der Waals surface area contributed by atoms with E-state index in [9.17, 15) is 9.59 Å². The molecule has 1 atom stereocenters. The van der Waals surface area contributed by atoms with E-state index in [1.165, 1.54) is 38.5 Å². The average Bonchev–Trinajstić information content (AvgIpc) is 2.67. The van der Waals surface area contributed by atoms with Crippen molar-refractivity contribution >= 4 is 23.6 Å². The highest BCUT2D eigenvalue weighted by Crippen LogP contribution is 2.09. The lowest BCUT2D eigenvalue weighted by Crippen LogP contribution is -2.41. The number of thioether (sulfide) groups is 1. The quantitative estimate of drug-likeness (QED) is 0.198. The van der Waals surface area contributed by atoms with E-state index in [2.05, 4.69) is 36.5 Å². The van der Waals surface area contributed by atoms with Crippen molar-refractivity contribution in [3.05, 3.63) is 24.3 Å². The Morgan fingerprint density at radius 1 is 0.929 bits per heavy atom. The Morgan fingerprint density at radius 3 is 2.14 bits per heavy atom. The summed E-state index contributed by atoms with van der Waals surface area (Å²) in [6, 6.07) is -0.752. The molecular formula is C23H41NO3S. The van der Waals surface area contributed by atoms with Crippen molar-refractivity contribution in [3.8, 4) is 0 Å². The molecule has 1 amide bonds. The first-order valence-electron chi connectivity index (χ1n) is 10.9. The molecule has 0 heterocycles. The first kappa shape index (κ1) is 26.8. The third-order valence-corrected chi connectivity index (χ3v) is 5.24. The maximum atomic E-state index is 11.9. The Morgan fingerprint density at radius 2 is 1.54 bits per heavy atom. The monoisotopic (exact) mass is 411 g/mol. The van der Waals surface area contributed by atoms with Gasteiger partial charge in [-0.15, -0.1) is 0 Å². The first-order chi connectivity index (χ1) is 13.6. The molecule has 5 heteroatoms. The van der Waals surface area contributed by atoms with Crippen LogP contribution in [0.2, 0.25) is 0 Å². The van der Waals surface area contributed by atoms with Crippen molar-refractivity contribution in [2.45, 2.75) is 96.4 Å². The lowest BCUT2D eigenvalue weighted by atomic mass is 10.1. The number of nitrogens with one attached hydrogen (secondary N) is 1. The normalized spacial score (nSPS) is 12.6. The molecule has 0 aromatic carbocycles. The third-order valence-electron chi connectivity index (χ3n) is 4.60. The third kappa shape index (κ3) is 18.1. The molecule has 2 N–H and O–H groups in total. The molecule has 0 saturated heterocycles. The van der Waals surface area contributed by atoms with E-state index >= 15 is 0 Å². The molecule has 162 valence electrons. The number of hydrogen-bond donors (Lipinski definition) is 2. The summed E-state index contributed by atoms with van der Waals surface area (Å²) in [5.41, 5.74) is 0. The van der Waals surface area contributed by atoms with Gasteiger partial charge in [0.1, 0.15) is 6.04 Å². The predicted molar refractivity (Wildman–Crippen MR) is 122 cm³/mol. The van der Waals surface area contributed by atoms with Gasteiger partial charge in [-0.05, 0) is 57.0 Å². The van der Waals surface area contributed by atoms with Crippen LogP contribution in [0.3, 0.4) is 0 Å². The molecule has 28 heavy (non-hydrogen) atoms. The number of allylic oxidation sites excluding steroid dienone is 4. The maximum absolute atomic E-state index is 11.9. The SMILES string of the molecule is CCCCC/C=C/C/C=C/CCCCCCCC(=O)N[C@@H](CCSC)C(=O)O. The van der Waals surface area contributed by atoms with Gasteiger partial charge in [0.25, 0.3) is 0 Å². The topological polar surface area (TPSA) is 66.4 Å². The Bertz CT molecular complexity index is 449. The van der Waals surface area contributed by atoms with Gasteiger partial charge in [0, 0.05) is 6.42 Å². The molecule has 0 aliphatic heterocycles. The Hall–Kier alpha value is -1.23. The molecule has 4 nitrogen and oxygen atoms in total. The second-order valence-corrected chi connectivity index (χ2v) is 8.21. The van der Waals surface area contributed by atoms with Gasteiger partial charge < -0.3 is 10.4 Å². The Labute approximate surface area is 176 Å². The number of unbranched alkanes of at least 4 members (excludes halogenated alkanes) is 8. The fourth-order valence-corrected chi connectivity index (χ4v) is 3.33. The van der Waals surface area contributed by atoms with E-state index in [4.69, 9.17) is 5.11 Å². The summed E-state index contributed by atoms with van der Waals surface area (Å²) in [4.78, 5) is 23.0. The first-order valence-corrected chi connectivity index (χ1v) is 12.3. The number of carboxylic acids is 1. The summed E-state index contributed by atoms with van der Waals surface area (Å²) in [7, 11) is 0. The fraction of sp³-hybridized carbons (Fsp3) is 0.739. The largest absolute Gasteiger partial charge is 0.480 e. The van der Waals surface area contributed by atoms with Crippen LogP contribution in [-0.4, -0.2) is 35.0 Å². The minimum atomic E-state index is -0.942. The number of carboxylic acid groups (broad SMARTS) is 1. The zero-order valence-corrected chi connectivity index (χ0v) is 18.8. The second kappa shape index (κ2) is 20.5. The highest BCUT2D eigenvalue weighted by atomic mass is 32.2. The average molecular weight is 412 g/mol. The minimum absolute atomic E-state index is 0.140. The molecule has 0 aliphatic rings. The van der Waals surface area contributed by atoms with Gasteiger partial charge in [-0.1, -0.05) is 63.3 Å². The number of carbonyl (C=O) groups is 2. The van der Waals surface area contributed by atoms with Gasteiger partial charge in [-0.2, -0.15) is 11.8 Å². The molecule has 0 rings (SSSR count).